The molecule has 7 nitrogen and oxygen atoms in total. The molecule has 0 saturated carbocycles. The molecular formula is C14H24N2O5S2. The van der Waals surface area contributed by atoms with Crippen molar-refractivity contribution in [3.8, 4) is 0 Å². The van der Waals surface area contributed by atoms with Crippen LogP contribution in [-0.2, 0) is 24.8 Å². The van der Waals surface area contributed by atoms with Gasteiger partial charge in [-0.25, -0.2) is 21.1 Å². The van der Waals surface area contributed by atoms with E-state index in [1.165, 1.54) is 27.8 Å². The Morgan fingerprint density at radius 3 is 2.17 bits per heavy atom. The first kappa shape index (κ1) is 20.0. The van der Waals surface area contributed by atoms with Crippen molar-refractivity contribution in [1.29, 1.82) is 0 Å². The molecule has 132 valence electrons. The maximum absolute atomic E-state index is 12.3. The highest BCUT2D eigenvalue weighted by molar-refractivity contribution is 7.93. The zero-order valence-corrected chi connectivity index (χ0v) is 15.2. The van der Waals surface area contributed by atoms with E-state index in [4.69, 9.17) is 4.74 Å². The Morgan fingerprint density at radius 2 is 1.65 bits per heavy atom. The van der Waals surface area contributed by atoms with Crippen LogP contribution in [0.1, 0.15) is 13.3 Å². The van der Waals surface area contributed by atoms with Crippen molar-refractivity contribution < 1.29 is 21.6 Å². The van der Waals surface area contributed by atoms with Gasteiger partial charge in [0.15, 0.2) is 0 Å². The van der Waals surface area contributed by atoms with Crippen LogP contribution in [0.2, 0.25) is 0 Å². The topological polar surface area (TPSA) is 84.0 Å². The normalized spacial score (nSPS) is 17.7. The molecule has 0 radical (unpaired) electrons. The molecular weight excluding hydrogens is 340 g/mol. The van der Waals surface area contributed by atoms with Crippen molar-refractivity contribution in [2.75, 3.05) is 39.9 Å². The summed E-state index contributed by atoms with van der Waals surface area (Å²) in [5.74, 6) is 0. The van der Waals surface area contributed by atoms with Crippen molar-refractivity contribution in [3.63, 3.8) is 0 Å². The number of hydrogen-bond acceptors (Lipinski definition) is 5. The van der Waals surface area contributed by atoms with Crippen LogP contribution in [0.15, 0.2) is 35.1 Å². The number of nitrogens with zero attached hydrogens (tertiary/aromatic N) is 2. The highest BCUT2D eigenvalue weighted by atomic mass is 32.2. The fraction of sp³-hybridized carbons (Fsp3) is 0.571. The van der Waals surface area contributed by atoms with Gasteiger partial charge in [0.05, 0.1) is 23.0 Å². The summed E-state index contributed by atoms with van der Waals surface area (Å²) in [6.07, 6.45) is 3.01. The van der Waals surface area contributed by atoms with Crippen molar-refractivity contribution in [2.45, 2.75) is 13.3 Å². The Hall–Kier alpha value is -1.00. The Bertz CT molecular complexity index is 674. The molecule has 0 spiro atoms. The van der Waals surface area contributed by atoms with Crippen LogP contribution in [0, 0.1) is 0 Å². The van der Waals surface area contributed by atoms with E-state index in [0.29, 0.717) is 26.2 Å². The van der Waals surface area contributed by atoms with E-state index in [2.05, 4.69) is 13.2 Å². The van der Waals surface area contributed by atoms with Crippen LogP contribution >= 0.6 is 0 Å². The lowest BCUT2D eigenvalue weighted by atomic mass is 10.5. The number of ether oxygens (including phenoxy) is 1. The summed E-state index contributed by atoms with van der Waals surface area (Å²) >= 11 is 0. The third-order valence-electron chi connectivity index (χ3n) is 3.38. The highest BCUT2D eigenvalue weighted by Crippen LogP contribution is 2.17. The molecule has 1 saturated heterocycles. The second-order valence-electron chi connectivity index (χ2n) is 5.11. The van der Waals surface area contributed by atoms with Gasteiger partial charge in [-0.05, 0) is 18.6 Å². The van der Waals surface area contributed by atoms with E-state index in [1.54, 1.807) is 0 Å². The van der Waals surface area contributed by atoms with Gasteiger partial charge in [-0.1, -0.05) is 20.1 Å². The Kier molecular flexibility index (Phi) is 7.15. The second kappa shape index (κ2) is 8.20. The summed E-state index contributed by atoms with van der Waals surface area (Å²) in [6, 6.07) is 0. The van der Waals surface area contributed by atoms with Gasteiger partial charge >= 0.3 is 0 Å². The van der Waals surface area contributed by atoms with Crippen LogP contribution in [-0.4, -0.2) is 65.3 Å². The van der Waals surface area contributed by atoms with E-state index in [-0.39, 0.29) is 22.9 Å². The lowest BCUT2D eigenvalue weighted by molar-refractivity contribution is 0.0734. The van der Waals surface area contributed by atoms with E-state index >= 15 is 0 Å². The average molecular weight is 364 g/mol. The first-order valence-corrected chi connectivity index (χ1v) is 10.1. The van der Waals surface area contributed by atoms with Crippen LogP contribution in [0.3, 0.4) is 0 Å². The van der Waals surface area contributed by atoms with Crippen molar-refractivity contribution in [3.05, 3.63) is 35.1 Å². The van der Waals surface area contributed by atoms with Gasteiger partial charge < -0.3 is 4.74 Å². The van der Waals surface area contributed by atoms with Gasteiger partial charge in [0.1, 0.15) is 0 Å². The molecule has 0 aliphatic carbocycles. The fourth-order valence-corrected chi connectivity index (χ4v) is 4.21. The Balaban J connectivity index is 2.83. The first-order valence-electron chi connectivity index (χ1n) is 7.24. The molecule has 0 aromatic rings. The molecule has 1 aliphatic heterocycles. The number of sulfonamides is 2. The van der Waals surface area contributed by atoms with Crippen molar-refractivity contribution >= 4 is 20.0 Å². The van der Waals surface area contributed by atoms with Gasteiger partial charge in [-0.3, -0.25) is 0 Å². The third kappa shape index (κ3) is 4.98. The summed E-state index contributed by atoms with van der Waals surface area (Å²) in [6.45, 7) is 10.4. The number of allylic oxidation sites excluding steroid dienone is 2. The largest absolute Gasteiger partial charge is 0.379 e. The molecule has 0 unspecified atom stereocenters. The van der Waals surface area contributed by atoms with E-state index in [1.807, 2.05) is 6.92 Å². The molecule has 0 atom stereocenters. The SMILES string of the molecule is C=C(/C=C\C(=C)S(=O)(=O)N1CCOCC1)S(=O)(=O)N(C)CCC. The second-order valence-corrected chi connectivity index (χ2v) is 9.20. The number of rotatable bonds is 8. The lowest BCUT2D eigenvalue weighted by Gasteiger charge is -2.26. The number of hydrogen-bond donors (Lipinski definition) is 0. The summed E-state index contributed by atoms with van der Waals surface area (Å²) in [4.78, 5) is -0.347. The molecule has 1 heterocycles. The molecule has 0 aromatic carbocycles. The van der Waals surface area contributed by atoms with Crippen LogP contribution < -0.4 is 0 Å². The Morgan fingerprint density at radius 1 is 1.13 bits per heavy atom. The van der Waals surface area contributed by atoms with Gasteiger partial charge in [0, 0.05) is 26.7 Å². The monoisotopic (exact) mass is 364 g/mol. The minimum absolute atomic E-state index is 0.172. The Labute approximate surface area is 139 Å². The predicted molar refractivity (Wildman–Crippen MR) is 90.6 cm³/mol. The third-order valence-corrected chi connectivity index (χ3v) is 7.02. The maximum Gasteiger partial charge on any atom is 0.242 e. The minimum atomic E-state index is -3.71. The van der Waals surface area contributed by atoms with E-state index < -0.39 is 20.0 Å². The van der Waals surface area contributed by atoms with Gasteiger partial charge in [0.25, 0.3) is 0 Å². The van der Waals surface area contributed by atoms with Gasteiger partial charge in [-0.2, -0.15) is 4.31 Å². The molecule has 1 rings (SSSR count). The summed E-state index contributed by atoms with van der Waals surface area (Å²) in [7, 11) is -5.94. The standard InChI is InChI=1S/C14H24N2O5S2/c1-5-8-15(4)22(17,18)13(2)6-7-14(3)23(19,20)16-9-11-21-12-10-16/h6-7H,2-3,5,8-12H2,1,4H3/b7-6-. The number of morpholine rings is 1. The van der Waals surface area contributed by atoms with Crippen molar-refractivity contribution in [2.24, 2.45) is 0 Å². The smallest absolute Gasteiger partial charge is 0.242 e. The van der Waals surface area contributed by atoms with Gasteiger partial charge in [0.2, 0.25) is 20.0 Å². The first-order chi connectivity index (χ1) is 10.6. The van der Waals surface area contributed by atoms with Crippen LogP contribution in [0.4, 0.5) is 0 Å². The molecule has 1 aliphatic rings. The molecule has 9 heteroatoms. The zero-order valence-electron chi connectivity index (χ0n) is 13.6. The lowest BCUT2D eigenvalue weighted by Crippen LogP contribution is -2.40. The summed E-state index contributed by atoms with van der Waals surface area (Å²) in [5, 5.41) is 0. The molecule has 23 heavy (non-hydrogen) atoms. The fourth-order valence-electron chi connectivity index (χ4n) is 1.95. The molecule has 1 fully saturated rings. The predicted octanol–water partition coefficient (Wildman–Crippen LogP) is 0.904. The van der Waals surface area contributed by atoms with Gasteiger partial charge in [-0.15, -0.1) is 0 Å². The van der Waals surface area contributed by atoms with Crippen molar-refractivity contribution in [1.82, 2.24) is 8.61 Å². The molecule has 0 amide bonds. The molecule has 0 N–H and O–H groups in total. The highest BCUT2D eigenvalue weighted by Gasteiger charge is 2.26. The maximum atomic E-state index is 12.3. The quantitative estimate of drug-likeness (QED) is 0.598. The summed E-state index contributed by atoms with van der Waals surface area (Å²) < 4.78 is 56.5. The zero-order chi connectivity index (χ0) is 17.7. The molecule has 0 aromatic heterocycles. The average Bonchev–Trinajstić information content (AvgIpc) is 2.53. The molecule has 0 bridgehead atoms. The van der Waals surface area contributed by atoms with E-state index in [0.717, 1.165) is 0 Å². The summed E-state index contributed by atoms with van der Waals surface area (Å²) in [5.41, 5.74) is 0. The van der Waals surface area contributed by atoms with Crippen LogP contribution in [0.5, 0.6) is 0 Å². The minimum Gasteiger partial charge on any atom is -0.379 e. The van der Waals surface area contributed by atoms with E-state index in [9.17, 15) is 16.8 Å². The van der Waals surface area contributed by atoms with Crippen LogP contribution in [0.25, 0.3) is 0 Å².